The fourth-order valence-corrected chi connectivity index (χ4v) is 2.29. The van der Waals surface area contributed by atoms with Crippen LogP contribution in [0.25, 0.3) is 0 Å². The lowest BCUT2D eigenvalue weighted by atomic mass is 10.0. The molecule has 0 spiro atoms. The molecule has 1 saturated carbocycles. The lowest BCUT2D eigenvalue weighted by molar-refractivity contribution is 0.242. The SMILES string of the molecule is CC(NCC1(CCO)CC1)c1ccc(F)cc1O. The van der Waals surface area contributed by atoms with Crippen LogP contribution in [0, 0.1) is 11.2 Å². The van der Waals surface area contributed by atoms with Gasteiger partial charge in [0.1, 0.15) is 11.6 Å². The summed E-state index contributed by atoms with van der Waals surface area (Å²) in [6.07, 6.45) is 3.10. The largest absolute Gasteiger partial charge is 0.508 e. The lowest BCUT2D eigenvalue weighted by Gasteiger charge is -2.20. The van der Waals surface area contributed by atoms with Crippen LogP contribution in [0.4, 0.5) is 4.39 Å². The minimum Gasteiger partial charge on any atom is -0.508 e. The molecule has 3 nitrogen and oxygen atoms in total. The Bertz CT molecular complexity index is 418. The fraction of sp³-hybridized carbons (Fsp3) is 0.571. The van der Waals surface area contributed by atoms with E-state index in [0.717, 1.165) is 31.9 Å². The molecule has 0 aromatic heterocycles. The Morgan fingerprint density at radius 1 is 1.44 bits per heavy atom. The Kier molecular flexibility index (Phi) is 3.88. The van der Waals surface area contributed by atoms with Crippen molar-refractivity contribution in [3.63, 3.8) is 0 Å². The van der Waals surface area contributed by atoms with Gasteiger partial charge in [-0.25, -0.2) is 4.39 Å². The van der Waals surface area contributed by atoms with Crippen molar-refractivity contribution >= 4 is 0 Å². The van der Waals surface area contributed by atoms with E-state index >= 15 is 0 Å². The number of benzene rings is 1. The fourth-order valence-electron chi connectivity index (χ4n) is 2.29. The van der Waals surface area contributed by atoms with Crippen molar-refractivity contribution < 1.29 is 14.6 Å². The van der Waals surface area contributed by atoms with Gasteiger partial charge in [-0.3, -0.25) is 0 Å². The maximum Gasteiger partial charge on any atom is 0.126 e. The van der Waals surface area contributed by atoms with Gasteiger partial charge in [-0.2, -0.15) is 0 Å². The minimum absolute atomic E-state index is 0.0120. The van der Waals surface area contributed by atoms with E-state index < -0.39 is 5.82 Å². The molecule has 1 aromatic rings. The monoisotopic (exact) mass is 253 g/mol. The van der Waals surface area contributed by atoms with E-state index in [1.54, 1.807) is 6.07 Å². The van der Waals surface area contributed by atoms with Gasteiger partial charge >= 0.3 is 0 Å². The summed E-state index contributed by atoms with van der Waals surface area (Å²) in [6, 6.07) is 4.07. The van der Waals surface area contributed by atoms with Crippen LogP contribution in [0.2, 0.25) is 0 Å². The zero-order valence-electron chi connectivity index (χ0n) is 10.6. The highest BCUT2D eigenvalue weighted by Crippen LogP contribution is 2.48. The van der Waals surface area contributed by atoms with Gasteiger partial charge in [-0.15, -0.1) is 0 Å². The van der Waals surface area contributed by atoms with Crippen LogP contribution in [-0.2, 0) is 0 Å². The first-order valence-corrected chi connectivity index (χ1v) is 6.39. The summed E-state index contributed by atoms with van der Waals surface area (Å²) in [5.41, 5.74) is 0.940. The van der Waals surface area contributed by atoms with Gasteiger partial charge in [0.05, 0.1) is 0 Å². The van der Waals surface area contributed by atoms with Crippen LogP contribution in [-0.4, -0.2) is 23.4 Å². The zero-order valence-corrected chi connectivity index (χ0v) is 10.6. The van der Waals surface area contributed by atoms with Gasteiger partial charge < -0.3 is 15.5 Å². The second-order valence-corrected chi connectivity index (χ2v) is 5.28. The Balaban J connectivity index is 1.93. The average Bonchev–Trinajstić information content (AvgIpc) is 3.07. The van der Waals surface area contributed by atoms with Gasteiger partial charge in [0.2, 0.25) is 0 Å². The predicted molar refractivity (Wildman–Crippen MR) is 67.9 cm³/mol. The highest BCUT2D eigenvalue weighted by molar-refractivity contribution is 5.34. The summed E-state index contributed by atoms with van der Waals surface area (Å²) in [7, 11) is 0. The molecule has 2 rings (SSSR count). The van der Waals surface area contributed by atoms with Crippen LogP contribution in [0.5, 0.6) is 5.75 Å². The van der Waals surface area contributed by atoms with Crippen molar-refractivity contribution in [1.29, 1.82) is 0 Å². The number of phenolic OH excluding ortho intramolecular Hbond substituents is 1. The Morgan fingerprint density at radius 2 is 2.17 bits per heavy atom. The van der Waals surface area contributed by atoms with Crippen molar-refractivity contribution in [3.8, 4) is 5.75 Å². The number of phenols is 1. The van der Waals surface area contributed by atoms with Crippen molar-refractivity contribution in [2.24, 2.45) is 5.41 Å². The van der Waals surface area contributed by atoms with Gasteiger partial charge in [0.25, 0.3) is 0 Å². The summed E-state index contributed by atoms with van der Waals surface area (Å²) in [4.78, 5) is 0. The molecule has 1 fully saturated rings. The molecule has 3 N–H and O–H groups in total. The van der Waals surface area contributed by atoms with Gasteiger partial charge in [-0.1, -0.05) is 6.07 Å². The van der Waals surface area contributed by atoms with E-state index in [1.165, 1.54) is 6.07 Å². The molecule has 0 aliphatic heterocycles. The van der Waals surface area contributed by atoms with E-state index in [9.17, 15) is 9.50 Å². The number of aliphatic hydroxyl groups is 1. The minimum atomic E-state index is -0.428. The first-order valence-electron chi connectivity index (χ1n) is 6.39. The van der Waals surface area contributed by atoms with E-state index in [2.05, 4.69) is 5.32 Å². The van der Waals surface area contributed by atoms with Crippen molar-refractivity contribution in [3.05, 3.63) is 29.6 Å². The molecule has 1 atom stereocenters. The van der Waals surface area contributed by atoms with Crippen LogP contribution < -0.4 is 5.32 Å². The van der Waals surface area contributed by atoms with Crippen LogP contribution in [0.15, 0.2) is 18.2 Å². The number of aromatic hydroxyl groups is 1. The molecule has 0 saturated heterocycles. The van der Waals surface area contributed by atoms with Gasteiger partial charge in [0.15, 0.2) is 0 Å². The van der Waals surface area contributed by atoms with Crippen LogP contribution in [0.1, 0.15) is 37.8 Å². The molecule has 1 aliphatic rings. The number of hydrogen-bond donors (Lipinski definition) is 3. The number of hydrogen-bond acceptors (Lipinski definition) is 3. The third-order valence-corrected chi connectivity index (χ3v) is 3.84. The molecule has 0 amide bonds. The summed E-state index contributed by atoms with van der Waals surface area (Å²) >= 11 is 0. The quantitative estimate of drug-likeness (QED) is 0.729. The highest BCUT2D eigenvalue weighted by atomic mass is 19.1. The first kappa shape index (κ1) is 13.3. The first-order chi connectivity index (χ1) is 8.56. The molecular formula is C14H20FNO2. The maximum absolute atomic E-state index is 12.9. The molecule has 0 radical (unpaired) electrons. The summed E-state index contributed by atoms with van der Waals surface area (Å²) in [5.74, 6) is -0.440. The Hall–Kier alpha value is -1.13. The standard InChI is InChI=1S/C14H20FNO2/c1-10(12-3-2-11(15)8-13(12)18)16-9-14(4-5-14)6-7-17/h2-3,8,10,16-18H,4-7,9H2,1H3. The van der Waals surface area contributed by atoms with E-state index in [0.29, 0.717) is 5.56 Å². The van der Waals surface area contributed by atoms with Crippen molar-refractivity contribution in [2.45, 2.75) is 32.2 Å². The normalized spacial score (nSPS) is 18.6. The smallest absolute Gasteiger partial charge is 0.126 e. The molecule has 4 heteroatoms. The van der Waals surface area contributed by atoms with Crippen molar-refractivity contribution in [2.75, 3.05) is 13.2 Å². The molecule has 100 valence electrons. The lowest BCUT2D eigenvalue weighted by Crippen LogP contribution is -2.27. The molecule has 0 bridgehead atoms. The van der Waals surface area contributed by atoms with Crippen molar-refractivity contribution in [1.82, 2.24) is 5.32 Å². The topological polar surface area (TPSA) is 52.5 Å². The number of halogens is 1. The van der Waals surface area contributed by atoms with E-state index in [-0.39, 0.29) is 23.8 Å². The summed E-state index contributed by atoms with van der Waals surface area (Å²) < 4.78 is 12.9. The number of nitrogens with one attached hydrogen (secondary N) is 1. The van der Waals surface area contributed by atoms with Gasteiger partial charge in [-0.05, 0) is 37.7 Å². The molecule has 1 aromatic carbocycles. The molecule has 1 aliphatic carbocycles. The highest BCUT2D eigenvalue weighted by Gasteiger charge is 2.41. The van der Waals surface area contributed by atoms with E-state index in [4.69, 9.17) is 5.11 Å². The maximum atomic E-state index is 12.9. The Labute approximate surface area is 107 Å². The third-order valence-electron chi connectivity index (χ3n) is 3.84. The average molecular weight is 253 g/mol. The van der Waals surface area contributed by atoms with E-state index in [1.807, 2.05) is 6.92 Å². The summed E-state index contributed by atoms with van der Waals surface area (Å²) in [5, 5.41) is 22.0. The number of aliphatic hydroxyl groups excluding tert-OH is 1. The Morgan fingerprint density at radius 3 is 2.72 bits per heavy atom. The zero-order chi connectivity index (χ0) is 13.2. The van der Waals surface area contributed by atoms with Gasteiger partial charge in [0, 0.05) is 30.8 Å². The van der Waals surface area contributed by atoms with Crippen LogP contribution in [0.3, 0.4) is 0 Å². The molecule has 1 unspecified atom stereocenters. The predicted octanol–water partition coefficient (Wildman–Crippen LogP) is 2.34. The molecule has 18 heavy (non-hydrogen) atoms. The molecule has 0 heterocycles. The second kappa shape index (κ2) is 5.24. The molecular weight excluding hydrogens is 233 g/mol. The summed E-state index contributed by atoms with van der Waals surface area (Å²) in [6.45, 7) is 2.99. The number of rotatable bonds is 6. The second-order valence-electron chi connectivity index (χ2n) is 5.28. The third kappa shape index (κ3) is 3.00. The van der Waals surface area contributed by atoms with Crippen LogP contribution >= 0.6 is 0 Å².